The number of rotatable bonds is 5. The van der Waals surface area contributed by atoms with E-state index in [9.17, 15) is 9.59 Å². The van der Waals surface area contributed by atoms with Gasteiger partial charge in [0, 0.05) is 20.0 Å². The van der Waals surface area contributed by atoms with Crippen LogP contribution in [0.5, 0.6) is 0 Å². The summed E-state index contributed by atoms with van der Waals surface area (Å²) in [5, 5.41) is 0. The molecule has 0 aromatic carbocycles. The number of ether oxygens (including phenoxy) is 1. The van der Waals surface area contributed by atoms with Crippen molar-refractivity contribution < 1.29 is 14.3 Å². The number of hydrogen-bond donors (Lipinski definition) is 0. The second-order valence-electron chi connectivity index (χ2n) is 3.40. The molecular weight excluding hydrogens is 194 g/mol. The van der Waals surface area contributed by atoms with Gasteiger partial charge in [0.15, 0.2) is 5.78 Å². The van der Waals surface area contributed by atoms with Crippen LogP contribution in [0, 0.1) is 5.92 Å². The Morgan fingerprint density at radius 1 is 1.13 bits per heavy atom. The molecule has 0 aromatic heterocycles. The van der Waals surface area contributed by atoms with Gasteiger partial charge in [0.1, 0.15) is 13.2 Å². The van der Waals surface area contributed by atoms with Gasteiger partial charge >= 0.3 is 0 Å². The van der Waals surface area contributed by atoms with E-state index >= 15 is 0 Å². The van der Waals surface area contributed by atoms with Gasteiger partial charge in [-0.1, -0.05) is 27.7 Å². The molecule has 0 spiro atoms. The Labute approximate surface area is 92.6 Å². The molecular formula is C11H23NO3. The normalized spacial score (nSPS) is 9.27. The highest BCUT2D eigenvalue weighted by Crippen LogP contribution is 1.94. The Balaban J connectivity index is 0. The summed E-state index contributed by atoms with van der Waals surface area (Å²) < 4.78 is 4.94. The Morgan fingerprint density at radius 3 is 1.93 bits per heavy atom. The summed E-state index contributed by atoms with van der Waals surface area (Å²) in [5.41, 5.74) is 0. The third kappa shape index (κ3) is 9.41. The molecule has 90 valence electrons. The second-order valence-corrected chi connectivity index (χ2v) is 3.40. The van der Waals surface area contributed by atoms with Gasteiger partial charge < -0.3 is 9.64 Å². The minimum atomic E-state index is -0.128. The van der Waals surface area contributed by atoms with Crippen LogP contribution >= 0.6 is 0 Å². The van der Waals surface area contributed by atoms with E-state index in [0.717, 1.165) is 0 Å². The largest absolute Gasteiger partial charge is 0.364 e. The Hall–Kier alpha value is -0.900. The van der Waals surface area contributed by atoms with E-state index in [1.165, 1.54) is 4.90 Å². The van der Waals surface area contributed by atoms with E-state index in [0.29, 0.717) is 0 Å². The smallest absolute Gasteiger partial charge is 0.248 e. The van der Waals surface area contributed by atoms with Gasteiger partial charge in [-0.3, -0.25) is 9.59 Å². The molecule has 0 fully saturated rings. The lowest BCUT2D eigenvalue weighted by atomic mass is 10.1. The highest BCUT2D eigenvalue weighted by Gasteiger charge is 2.09. The van der Waals surface area contributed by atoms with Crippen molar-refractivity contribution in [3.05, 3.63) is 0 Å². The monoisotopic (exact) mass is 217 g/mol. The van der Waals surface area contributed by atoms with Gasteiger partial charge in [-0.05, 0) is 0 Å². The molecule has 0 rings (SSSR count). The molecule has 0 aliphatic carbocycles. The zero-order valence-corrected chi connectivity index (χ0v) is 10.7. The lowest BCUT2D eigenvalue weighted by Crippen LogP contribution is -2.28. The highest BCUT2D eigenvalue weighted by molar-refractivity contribution is 5.82. The minimum absolute atomic E-state index is 0.0200. The Bertz CT molecular complexity index is 168. The van der Waals surface area contributed by atoms with Crippen LogP contribution in [0.3, 0.4) is 0 Å². The van der Waals surface area contributed by atoms with Gasteiger partial charge in [-0.15, -0.1) is 0 Å². The molecule has 4 heteroatoms. The molecule has 0 saturated heterocycles. The van der Waals surface area contributed by atoms with E-state index < -0.39 is 0 Å². The van der Waals surface area contributed by atoms with Crippen molar-refractivity contribution in [3.8, 4) is 0 Å². The van der Waals surface area contributed by atoms with Crippen molar-refractivity contribution in [1.29, 1.82) is 0 Å². The van der Waals surface area contributed by atoms with Crippen molar-refractivity contribution in [2.24, 2.45) is 5.92 Å². The van der Waals surface area contributed by atoms with Crippen molar-refractivity contribution >= 4 is 11.7 Å². The average molecular weight is 217 g/mol. The van der Waals surface area contributed by atoms with Crippen molar-refractivity contribution in [2.45, 2.75) is 27.7 Å². The van der Waals surface area contributed by atoms with Crippen LogP contribution in [0.15, 0.2) is 0 Å². The van der Waals surface area contributed by atoms with Crippen LogP contribution in [-0.4, -0.2) is 43.9 Å². The molecule has 0 aromatic rings. The molecule has 4 nitrogen and oxygen atoms in total. The maximum absolute atomic E-state index is 11.0. The third-order valence-corrected chi connectivity index (χ3v) is 1.61. The average Bonchev–Trinajstić information content (AvgIpc) is 2.20. The maximum atomic E-state index is 11.0. The number of hydrogen-bond acceptors (Lipinski definition) is 3. The number of amides is 1. The SMILES string of the molecule is CC.CC(C)C(=O)COCC(=O)N(C)C. The predicted molar refractivity (Wildman–Crippen MR) is 60.7 cm³/mol. The molecule has 0 unspecified atom stereocenters. The lowest BCUT2D eigenvalue weighted by Gasteiger charge is -2.10. The van der Waals surface area contributed by atoms with Crippen LogP contribution in [0.25, 0.3) is 0 Å². The quantitative estimate of drug-likeness (QED) is 0.698. The molecule has 0 saturated carbocycles. The number of Topliss-reactive ketones (excluding diaryl/α,β-unsaturated/α-hetero) is 1. The van der Waals surface area contributed by atoms with Gasteiger partial charge in [0.2, 0.25) is 5.91 Å². The van der Waals surface area contributed by atoms with Gasteiger partial charge in [0.25, 0.3) is 0 Å². The molecule has 0 aliphatic heterocycles. The van der Waals surface area contributed by atoms with Gasteiger partial charge in [-0.2, -0.15) is 0 Å². The van der Waals surface area contributed by atoms with E-state index in [1.54, 1.807) is 27.9 Å². The van der Waals surface area contributed by atoms with Crippen LogP contribution in [0.2, 0.25) is 0 Å². The summed E-state index contributed by atoms with van der Waals surface area (Å²) in [7, 11) is 3.30. The maximum Gasteiger partial charge on any atom is 0.248 e. The van der Waals surface area contributed by atoms with Crippen LogP contribution in [-0.2, 0) is 14.3 Å². The van der Waals surface area contributed by atoms with Gasteiger partial charge in [-0.25, -0.2) is 0 Å². The second kappa shape index (κ2) is 9.65. The fourth-order valence-electron chi connectivity index (χ4n) is 0.535. The lowest BCUT2D eigenvalue weighted by molar-refractivity contribution is -0.136. The first-order valence-corrected chi connectivity index (χ1v) is 5.25. The Morgan fingerprint density at radius 2 is 1.60 bits per heavy atom. The number of ketones is 1. The number of likely N-dealkylation sites (N-methyl/N-ethyl adjacent to an activating group) is 1. The topological polar surface area (TPSA) is 46.6 Å². The number of carbonyl (C=O) groups excluding carboxylic acids is 2. The highest BCUT2D eigenvalue weighted by atomic mass is 16.5. The molecule has 0 radical (unpaired) electrons. The third-order valence-electron chi connectivity index (χ3n) is 1.61. The first kappa shape index (κ1) is 16.5. The van der Waals surface area contributed by atoms with Crippen LogP contribution in [0.1, 0.15) is 27.7 Å². The summed E-state index contributed by atoms with van der Waals surface area (Å²) in [5.74, 6) is -0.141. The number of nitrogens with zero attached hydrogens (tertiary/aromatic N) is 1. The molecule has 0 N–H and O–H groups in total. The first-order chi connectivity index (χ1) is 6.95. The molecule has 0 heterocycles. The first-order valence-electron chi connectivity index (χ1n) is 5.25. The molecule has 15 heavy (non-hydrogen) atoms. The van der Waals surface area contributed by atoms with E-state index in [-0.39, 0.29) is 30.8 Å². The van der Waals surface area contributed by atoms with Crippen molar-refractivity contribution in [2.75, 3.05) is 27.3 Å². The van der Waals surface area contributed by atoms with Crippen LogP contribution < -0.4 is 0 Å². The molecule has 0 bridgehead atoms. The summed E-state index contributed by atoms with van der Waals surface area (Å²) in [4.78, 5) is 23.5. The minimum Gasteiger partial charge on any atom is -0.364 e. The van der Waals surface area contributed by atoms with E-state index in [1.807, 2.05) is 13.8 Å². The summed E-state index contributed by atoms with van der Waals surface area (Å²) in [6, 6.07) is 0. The Kier molecular flexibility index (Phi) is 10.6. The standard InChI is InChI=1S/C9H17NO3.C2H6/c1-7(2)8(11)5-13-6-9(12)10(3)4;1-2/h7H,5-6H2,1-4H3;1-2H3. The van der Waals surface area contributed by atoms with Gasteiger partial charge in [0.05, 0.1) is 0 Å². The summed E-state index contributed by atoms with van der Waals surface area (Å²) >= 11 is 0. The van der Waals surface area contributed by atoms with E-state index in [4.69, 9.17) is 4.74 Å². The van der Waals surface area contributed by atoms with Crippen molar-refractivity contribution in [3.63, 3.8) is 0 Å². The van der Waals surface area contributed by atoms with Crippen molar-refractivity contribution in [1.82, 2.24) is 4.90 Å². The fraction of sp³-hybridized carbons (Fsp3) is 0.818. The molecule has 0 atom stereocenters. The van der Waals surface area contributed by atoms with Crippen LogP contribution in [0.4, 0.5) is 0 Å². The fourth-order valence-corrected chi connectivity index (χ4v) is 0.535. The van der Waals surface area contributed by atoms with E-state index in [2.05, 4.69) is 0 Å². The number of carbonyl (C=O) groups is 2. The summed E-state index contributed by atoms with van der Waals surface area (Å²) in [6.45, 7) is 7.61. The zero-order chi connectivity index (χ0) is 12.4. The molecule has 0 aliphatic rings. The zero-order valence-electron chi connectivity index (χ0n) is 10.7. The predicted octanol–water partition coefficient (Wildman–Crippen LogP) is 1.34. The molecule has 1 amide bonds. The summed E-state index contributed by atoms with van der Waals surface area (Å²) in [6.07, 6.45) is 0.